The maximum atomic E-state index is 4.41. The first-order valence-corrected chi connectivity index (χ1v) is 7.98. The molecule has 1 aliphatic heterocycles. The van der Waals surface area contributed by atoms with E-state index >= 15 is 0 Å². The maximum Gasteiger partial charge on any atom is 0.254 e. The summed E-state index contributed by atoms with van der Waals surface area (Å²) in [7, 11) is 0. The lowest BCUT2D eigenvalue weighted by molar-refractivity contribution is 0.249. The molecule has 0 saturated carbocycles. The topological polar surface area (TPSA) is 49.6 Å². The highest BCUT2D eigenvalue weighted by molar-refractivity contribution is 5.47. The Morgan fingerprint density at radius 3 is 2.61 bits per heavy atom. The van der Waals surface area contributed by atoms with Crippen molar-refractivity contribution in [2.24, 2.45) is 0 Å². The number of hydrogen-bond acceptors (Lipinski definition) is 5. The molecule has 0 amide bonds. The molecule has 3 heterocycles. The Bertz CT molecular complexity index is 789. The Balaban J connectivity index is 1.47. The summed E-state index contributed by atoms with van der Waals surface area (Å²) < 4.78 is 1.83. The Labute approximate surface area is 135 Å². The van der Waals surface area contributed by atoms with Crippen LogP contribution in [0.25, 0.3) is 5.78 Å². The molecule has 6 nitrogen and oxygen atoms in total. The van der Waals surface area contributed by atoms with Crippen LogP contribution in [-0.2, 0) is 6.54 Å². The van der Waals surface area contributed by atoms with Gasteiger partial charge >= 0.3 is 0 Å². The molecule has 1 fully saturated rings. The van der Waals surface area contributed by atoms with Crippen LogP contribution in [-0.4, -0.2) is 50.7 Å². The first-order chi connectivity index (χ1) is 11.3. The third-order valence-corrected chi connectivity index (χ3v) is 4.31. The largest absolute Gasteiger partial charge is 0.354 e. The van der Waals surface area contributed by atoms with Gasteiger partial charge in [0.15, 0.2) is 0 Å². The van der Waals surface area contributed by atoms with Crippen LogP contribution >= 0.6 is 0 Å². The van der Waals surface area contributed by atoms with Gasteiger partial charge < -0.3 is 4.90 Å². The molecule has 3 aromatic rings. The SMILES string of the molecule is Cc1cc(N2CCN(Cc3ccccc3)CC2)n2ncnc2n1. The molecule has 1 aliphatic rings. The van der Waals surface area contributed by atoms with E-state index in [4.69, 9.17) is 0 Å². The molecule has 0 aliphatic carbocycles. The summed E-state index contributed by atoms with van der Waals surface area (Å²) in [6, 6.07) is 12.7. The minimum atomic E-state index is 0.673. The molecule has 0 unspecified atom stereocenters. The van der Waals surface area contributed by atoms with E-state index in [1.807, 2.05) is 11.4 Å². The summed E-state index contributed by atoms with van der Waals surface area (Å²) in [6.45, 7) is 7.10. The van der Waals surface area contributed by atoms with E-state index in [1.165, 1.54) is 5.56 Å². The monoisotopic (exact) mass is 308 g/mol. The second-order valence-electron chi connectivity index (χ2n) is 5.98. The van der Waals surface area contributed by atoms with Crippen molar-refractivity contribution in [1.82, 2.24) is 24.5 Å². The minimum Gasteiger partial charge on any atom is -0.354 e. The zero-order chi connectivity index (χ0) is 15.6. The number of aromatic nitrogens is 4. The van der Waals surface area contributed by atoms with Crippen LogP contribution in [0.4, 0.5) is 5.82 Å². The van der Waals surface area contributed by atoms with E-state index in [9.17, 15) is 0 Å². The van der Waals surface area contributed by atoms with E-state index in [-0.39, 0.29) is 0 Å². The van der Waals surface area contributed by atoms with Crippen LogP contribution in [0.1, 0.15) is 11.3 Å². The number of rotatable bonds is 3. The highest BCUT2D eigenvalue weighted by atomic mass is 15.4. The number of fused-ring (bicyclic) bond motifs is 1. The standard InChI is InChI=1S/C17H20N6/c1-14-11-16(23-17(20-14)18-13-19-23)22-9-7-21(8-10-22)12-15-5-3-2-4-6-15/h2-6,11,13H,7-10,12H2,1H3. The third-order valence-electron chi connectivity index (χ3n) is 4.31. The molecule has 1 aromatic carbocycles. The summed E-state index contributed by atoms with van der Waals surface area (Å²) in [5, 5.41) is 4.31. The Morgan fingerprint density at radius 1 is 1.04 bits per heavy atom. The third kappa shape index (κ3) is 2.90. The van der Waals surface area contributed by atoms with Gasteiger partial charge in [-0.25, -0.2) is 4.98 Å². The molecule has 0 radical (unpaired) electrons. The van der Waals surface area contributed by atoms with Gasteiger partial charge in [-0.2, -0.15) is 14.6 Å². The summed E-state index contributed by atoms with van der Waals surface area (Å²) in [5.41, 5.74) is 2.35. The van der Waals surface area contributed by atoms with Gasteiger partial charge in [-0.1, -0.05) is 30.3 Å². The van der Waals surface area contributed by atoms with Crippen molar-refractivity contribution in [3.05, 3.63) is 54.0 Å². The van der Waals surface area contributed by atoms with Gasteiger partial charge in [-0.05, 0) is 12.5 Å². The lowest BCUT2D eigenvalue weighted by atomic mass is 10.2. The smallest absolute Gasteiger partial charge is 0.254 e. The predicted molar refractivity (Wildman–Crippen MR) is 89.5 cm³/mol. The number of nitrogens with zero attached hydrogens (tertiary/aromatic N) is 6. The Hall–Kier alpha value is -2.47. The van der Waals surface area contributed by atoms with Crippen molar-refractivity contribution in [3.63, 3.8) is 0 Å². The molecular weight excluding hydrogens is 288 g/mol. The van der Waals surface area contributed by atoms with E-state index in [0.29, 0.717) is 5.78 Å². The second kappa shape index (κ2) is 5.96. The fourth-order valence-corrected chi connectivity index (χ4v) is 3.11. The predicted octanol–water partition coefficient (Wildman–Crippen LogP) is 1.75. The lowest BCUT2D eigenvalue weighted by Crippen LogP contribution is -2.46. The normalized spacial score (nSPS) is 16.1. The highest BCUT2D eigenvalue weighted by Crippen LogP contribution is 2.18. The molecule has 118 valence electrons. The van der Waals surface area contributed by atoms with Crippen LogP contribution in [0.2, 0.25) is 0 Å². The van der Waals surface area contributed by atoms with Crippen LogP contribution in [0.3, 0.4) is 0 Å². The number of piperazine rings is 1. The van der Waals surface area contributed by atoms with Crippen molar-refractivity contribution >= 4 is 11.6 Å². The van der Waals surface area contributed by atoms with Gasteiger partial charge in [-0.3, -0.25) is 4.90 Å². The fourth-order valence-electron chi connectivity index (χ4n) is 3.11. The minimum absolute atomic E-state index is 0.673. The van der Waals surface area contributed by atoms with E-state index in [0.717, 1.165) is 44.2 Å². The molecule has 4 rings (SSSR count). The summed E-state index contributed by atoms with van der Waals surface area (Å²) in [6.07, 6.45) is 1.57. The number of anilines is 1. The van der Waals surface area contributed by atoms with Crippen molar-refractivity contribution in [2.45, 2.75) is 13.5 Å². The van der Waals surface area contributed by atoms with Gasteiger partial charge in [0.2, 0.25) is 0 Å². The number of benzene rings is 1. The van der Waals surface area contributed by atoms with Gasteiger partial charge in [0.05, 0.1) is 0 Å². The molecule has 0 N–H and O–H groups in total. The van der Waals surface area contributed by atoms with Crippen LogP contribution in [0.15, 0.2) is 42.7 Å². The van der Waals surface area contributed by atoms with Crippen molar-refractivity contribution in [3.8, 4) is 0 Å². The molecule has 1 saturated heterocycles. The van der Waals surface area contributed by atoms with Gasteiger partial charge in [0.1, 0.15) is 12.1 Å². The second-order valence-corrected chi connectivity index (χ2v) is 5.98. The van der Waals surface area contributed by atoms with Crippen LogP contribution in [0, 0.1) is 6.92 Å². The highest BCUT2D eigenvalue weighted by Gasteiger charge is 2.20. The quantitative estimate of drug-likeness (QED) is 0.738. The van der Waals surface area contributed by atoms with Crippen LogP contribution in [0.5, 0.6) is 0 Å². The number of aryl methyl sites for hydroxylation is 1. The molecule has 0 bridgehead atoms. The first kappa shape index (κ1) is 14.1. The average molecular weight is 308 g/mol. The maximum absolute atomic E-state index is 4.41. The fraction of sp³-hybridized carbons (Fsp3) is 0.353. The summed E-state index contributed by atoms with van der Waals surface area (Å²) in [4.78, 5) is 13.5. The van der Waals surface area contributed by atoms with Gasteiger partial charge in [0, 0.05) is 44.5 Å². The first-order valence-electron chi connectivity index (χ1n) is 7.98. The molecule has 0 spiro atoms. The van der Waals surface area contributed by atoms with Gasteiger partial charge in [-0.15, -0.1) is 0 Å². The Kier molecular flexibility index (Phi) is 3.67. The zero-order valence-corrected chi connectivity index (χ0v) is 13.3. The van der Waals surface area contributed by atoms with E-state index < -0.39 is 0 Å². The van der Waals surface area contributed by atoms with Crippen molar-refractivity contribution in [1.29, 1.82) is 0 Å². The van der Waals surface area contributed by atoms with E-state index in [1.54, 1.807) is 6.33 Å². The number of hydrogen-bond donors (Lipinski definition) is 0. The average Bonchev–Trinajstić information content (AvgIpc) is 3.04. The van der Waals surface area contributed by atoms with Crippen molar-refractivity contribution in [2.75, 3.05) is 31.1 Å². The molecule has 2 aromatic heterocycles. The summed E-state index contributed by atoms with van der Waals surface area (Å²) >= 11 is 0. The van der Waals surface area contributed by atoms with Crippen LogP contribution < -0.4 is 4.90 Å². The summed E-state index contributed by atoms with van der Waals surface area (Å²) in [5.74, 6) is 1.76. The molecule has 23 heavy (non-hydrogen) atoms. The van der Waals surface area contributed by atoms with Gasteiger partial charge in [0.25, 0.3) is 5.78 Å². The Morgan fingerprint density at radius 2 is 1.83 bits per heavy atom. The zero-order valence-electron chi connectivity index (χ0n) is 13.3. The van der Waals surface area contributed by atoms with E-state index in [2.05, 4.69) is 61.3 Å². The lowest BCUT2D eigenvalue weighted by Gasteiger charge is -2.36. The van der Waals surface area contributed by atoms with Crippen molar-refractivity contribution < 1.29 is 0 Å². The molecular formula is C17H20N6. The molecule has 6 heteroatoms. The molecule has 0 atom stereocenters.